The third-order valence-electron chi connectivity index (χ3n) is 3.21. The maximum absolute atomic E-state index is 13.5. The molecule has 3 heteroatoms. The lowest BCUT2D eigenvalue weighted by Gasteiger charge is -2.17. The Bertz CT molecular complexity index is 529. The Kier molecular flexibility index (Phi) is 4.15. The van der Waals surface area contributed by atoms with Crippen molar-refractivity contribution in [1.82, 2.24) is 0 Å². The van der Waals surface area contributed by atoms with Gasteiger partial charge < -0.3 is 5.32 Å². The molecule has 0 saturated carbocycles. The van der Waals surface area contributed by atoms with Crippen LogP contribution in [0.5, 0.6) is 0 Å². The zero-order valence-corrected chi connectivity index (χ0v) is 11.1. The molecule has 0 spiro atoms. The number of benzene rings is 2. The Morgan fingerprint density at radius 2 is 1.58 bits per heavy atom. The molecule has 0 aromatic heterocycles. The molecule has 1 nitrogen and oxygen atoms in total. The second-order valence-corrected chi connectivity index (χ2v) is 4.56. The van der Waals surface area contributed by atoms with Gasteiger partial charge in [0.15, 0.2) is 0 Å². The number of halogens is 2. The summed E-state index contributed by atoms with van der Waals surface area (Å²) < 4.78 is 27.1. The van der Waals surface area contributed by atoms with Gasteiger partial charge in [-0.3, -0.25) is 0 Å². The number of para-hydroxylation sites is 1. The fraction of sp³-hybridized carbons (Fsp3) is 0.250. The van der Waals surface area contributed by atoms with Crippen molar-refractivity contribution < 1.29 is 8.78 Å². The fourth-order valence-electron chi connectivity index (χ4n) is 1.98. The van der Waals surface area contributed by atoms with Crippen molar-refractivity contribution in [2.45, 2.75) is 26.3 Å². The van der Waals surface area contributed by atoms with Gasteiger partial charge in [0.2, 0.25) is 0 Å². The molecule has 0 aliphatic rings. The summed E-state index contributed by atoms with van der Waals surface area (Å²) in [5.41, 5.74) is 2.17. The smallest absolute Gasteiger partial charge is 0.149 e. The molecule has 0 fully saturated rings. The van der Waals surface area contributed by atoms with Crippen molar-refractivity contribution in [1.29, 1.82) is 0 Å². The van der Waals surface area contributed by atoms with Crippen molar-refractivity contribution in [3.8, 4) is 0 Å². The molecule has 0 bridgehead atoms. The lowest BCUT2D eigenvalue weighted by molar-refractivity contribution is 0.584. The van der Waals surface area contributed by atoms with Gasteiger partial charge in [-0.05, 0) is 36.6 Å². The third kappa shape index (κ3) is 3.11. The lowest BCUT2D eigenvalue weighted by Crippen LogP contribution is -2.09. The summed E-state index contributed by atoms with van der Waals surface area (Å²) in [6, 6.07) is 11.7. The topological polar surface area (TPSA) is 12.0 Å². The van der Waals surface area contributed by atoms with Crippen molar-refractivity contribution in [3.63, 3.8) is 0 Å². The van der Waals surface area contributed by atoms with Gasteiger partial charge in [-0.15, -0.1) is 0 Å². The highest BCUT2D eigenvalue weighted by Crippen LogP contribution is 2.24. The minimum Gasteiger partial charge on any atom is -0.374 e. The highest BCUT2D eigenvalue weighted by Gasteiger charge is 2.12. The van der Waals surface area contributed by atoms with E-state index >= 15 is 0 Å². The van der Waals surface area contributed by atoms with Crippen LogP contribution in [0.15, 0.2) is 42.5 Å². The quantitative estimate of drug-likeness (QED) is 0.841. The number of aryl methyl sites for hydroxylation is 1. The number of hydrogen-bond donors (Lipinski definition) is 1. The highest BCUT2D eigenvalue weighted by molar-refractivity contribution is 5.48. The summed E-state index contributed by atoms with van der Waals surface area (Å²) in [4.78, 5) is 0. The normalized spacial score (nSPS) is 12.2. The van der Waals surface area contributed by atoms with Crippen LogP contribution in [0.1, 0.15) is 31.0 Å². The number of nitrogens with one attached hydrogen (secondary N) is 1. The average Bonchev–Trinajstić information content (AvgIpc) is 2.43. The van der Waals surface area contributed by atoms with E-state index in [0.29, 0.717) is 0 Å². The van der Waals surface area contributed by atoms with Crippen molar-refractivity contribution in [3.05, 3.63) is 65.2 Å². The number of hydrogen-bond acceptors (Lipinski definition) is 1. The molecule has 2 aromatic rings. The maximum atomic E-state index is 13.5. The first-order valence-corrected chi connectivity index (χ1v) is 6.41. The summed E-state index contributed by atoms with van der Waals surface area (Å²) in [5.74, 6) is -1.14. The van der Waals surface area contributed by atoms with Gasteiger partial charge in [-0.1, -0.05) is 37.3 Å². The Morgan fingerprint density at radius 1 is 1.00 bits per heavy atom. The zero-order chi connectivity index (χ0) is 13.8. The molecule has 1 N–H and O–H groups in total. The van der Waals surface area contributed by atoms with Crippen LogP contribution in [0.3, 0.4) is 0 Å². The molecule has 0 amide bonds. The van der Waals surface area contributed by atoms with Crippen molar-refractivity contribution >= 4 is 5.69 Å². The first-order chi connectivity index (χ1) is 9.11. The van der Waals surface area contributed by atoms with Crippen LogP contribution < -0.4 is 5.32 Å². The zero-order valence-electron chi connectivity index (χ0n) is 11.1. The van der Waals surface area contributed by atoms with E-state index in [4.69, 9.17) is 0 Å². The van der Waals surface area contributed by atoms with Gasteiger partial charge in [0, 0.05) is 6.04 Å². The number of rotatable bonds is 4. The van der Waals surface area contributed by atoms with E-state index in [2.05, 4.69) is 12.2 Å². The fourth-order valence-corrected chi connectivity index (χ4v) is 1.98. The lowest BCUT2D eigenvalue weighted by atomic mass is 10.0. The first kappa shape index (κ1) is 13.5. The molecule has 0 aliphatic carbocycles. The van der Waals surface area contributed by atoms with E-state index < -0.39 is 11.6 Å². The van der Waals surface area contributed by atoms with E-state index in [1.165, 1.54) is 23.8 Å². The molecule has 1 atom stereocenters. The van der Waals surface area contributed by atoms with Gasteiger partial charge in [-0.2, -0.15) is 0 Å². The maximum Gasteiger partial charge on any atom is 0.149 e. The third-order valence-corrected chi connectivity index (χ3v) is 3.21. The van der Waals surface area contributed by atoms with E-state index in [1.807, 2.05) is 31.2 Å². The van der Waals surface area contributed by atoms with Gasteiger partial charge in [0.05, 0.1) is 0 Å². The van der Waals surface area contributed by atoms with Gasteiger partial charge in [0.25, 0.3) is 0 Å². The molecule has 0 aliphatic heterocycles. The van der Waals surface area contributed by atoms with Gasteiger partial charge in [0.1, 0.15) is 17.3 Å². The van der Waals surface area contributed by atoms with Crippen LogP contribution in [0.25, 0.3) is 0 Å². The standard InChI is InChI=1S/C16H17F2N/c1-3-12-7-9-13(10-8-12)11(2)19-16-14(17)5-4-6-15(16)18/h4-11,19H,3H2,1-2H3. The molecule has 0 heterocycles. The summed E-state index contributed by atoms with van der Waals surface area (Å²) in [5, 5.41) is 2.88. The Balaban J connectivity index is 2.18. The first-order valence-electron chi connectivity index (χ1n) is 6.41. The van der Waals surface area contributed by atoms with E-state index in [0.717, 1.165) is 12.0 Å². The summed E-state index contributed by atoms with van der Waals surface area (Å²) >= 11 is 0. The Labute approximate surface area is 112 Å². The van der Waals surface area contributed by atoms with Crippen molar-refractivity contribution in [2.24, 2.45) is 0 Å². The monoisotopic (exact) mass is 261 g/mol. The largest absolute Gasteiger partial charge is 0.374 e. The summed E-state index contributed by atoms with van der Waals surface area (Å²) in [7, 11) is 0. The van der Waals surface area contributed by atoms with Crippen LogP contribution in [-0.4, -0.2) is 0 Å². The molecule has 19 heavy (non-hydrogen) atoms. The molecular formula is C16H17F2N. The molecule has 2 rings (SSSR count). The van der Waals surface area contributed by atoms with E-state index in [1.54, 1.807) is 0 Å². The van der Waals surface area contributed by atoms with E-state index in [-0.39, 0.29) is 11.7 Å². The molecular weight excluding hydrogens is 244 g/mol. The highest BCUT2D eigenvalue weighted by atomic mass is 19.1. The summed E-state index contributed by atoms with van der Waals surface area (Å²) in [6.45, 7) is 3.97. The van der Waals surface area contributed by atoms with Crippen molar-refractivity contribution in [2.75, 3.05) is 5.32 Å². The SMILES string of the molecule is CCc1ccc(C(C)Nc2c(F)cccc2F)cc1. The van der Waals surface area contributed by atoms with Crippen LogP contribution >= 0.6 is 0 Å². The second-order valence-electron chi connectivity index (χ2n) is 4.56. The minimum atomic E-state index is -0.572. The summed E-state index contributed by atoms with van der Waals surface area (Å²) in [6.07, 6.45) is 0.976. The predicted molar refractivity (Wildman–Crippen MR) is 74.2 cm³/mol. The molecule has 100 valence electrons. The van der Waals surface area contributed by atoms with Gasteiger partial charge in [-0.25, -0.2) is 8.78 Å². The average molecular weight is 261 g/mol. The molecule has 1 unspecified atom stereocenters. The van der Waals surface area contributed by atoms with Crippen LogP contribution in [0.4, 0.5) is 14.5 Å². The minimum absolute atomic E-state index is 0.0745. The van der Waals surface area contributed by atoms with Crippen LogP contribution in [0, 0.1) is 11.6 Å². The molecule has 0 saturated heterocycles. The molecule has 0 radical (unpaired) electrons. The Morgan fingerprint density at radius 3 is 2.11 bits per heavy atom. The van der Waals surface area contributed by atoms with Gasteiger partial charge >= 0.3 is 0 Å². The second kappa shape index (κ2) is 5.83. The van der Waals surface area contributed by atoms with Crippen LogP contribution in [-0.2, 0) is 6.42 Å². The van der Waals surface area contributed by atoms with E-state index in [9.17, 15) is 8.78 Å². The van der Waals surface area contributed by atoms with Crippen LogP contribution in [0.2, 0.25) is 0 Å². The molecule has 2 aromatic carbocycles. The Hall–Kier alpha value is -1.90. The number of anilines is 1. The predicted octanol–water partition coefficient (Wildman–Crippen LogP) is 4.70.